The van der Waals surface area contributed by atoms with E-state index in [1.165, 1.54) is 6.92 Å². The topological polar surface area (TPSA) is 99.5 Å². The van der Waals surface area contributed by atoms with Crippen molar-refractivity contribution in [2.75, 3.05) is 17.9 Å². The minimum absolute atomic E-state index is 0.00594. The highest BCUT2D eigenvalue weighted by atomic mass is 35.5. The number of nitrogens with one attached hydrogen (secondary N) is 1. The molecule has 0 radical (unpaired) electrons. The summed E-state index contributed by atoms with van der Waals surface area (Å²) >= 11 is 7.20. The SMILES string of the molecule is CCCn1c(SCC(=O)Nc2cc3c(cc2C(C)=O)OCO3)nc2cc(Cl)ccc2c1=O. The van der Waals surface area contributed by atoms with Crippen molar-refractivity contribution in [3.05, 3.63) is 51.3 Å². The molecule has 0 bridgehead atoms. The van der Waals surface area contributed by atoms with E-state index in [4.69, 9.17) is 21.1 Å². The number of nitrogens with zero attached hydrogens (tertiary/aromatic N) is 2. The molecular weight excluding hydrogens is 454 g/mol. The summed E-state index contributed by atoms with van der Waals surface area (Å²) in [7, 11) is 0. The molecule has 1 amide bonds. The number of ketones is 1. The average Bonchev–Trinajstić information content (AvgIpc) is 3.21. The predicted molar refractivity (Wildman–Crippen MR) is 123 cm³/mol. The zero-order valence-electron chi connectivity index (χ0n) is 17.4. The quantitative estimate of drug-likeness (QED) is 0.313. The van der Waals surface area contributed by atoms with Crippen molar-refractivity contribution in [1.82, 2.24) is 9.55 Å². The maximum absolute atomic E-state index is 12.9. The van der Waals surface area contributed by atoms with Crippen molar-refractivity contribution < 1.29 is 19.1 Å². The third-order valence-corrected chi connectivity index (χ3v) is 6.04. The number of carbonyl (C=O) groups is 2. The number of rotatable bonds is 7. The van der Waals surface area contributed by atoms with Gasteiger partial charge in [0, 0.05) is 23.2 Å². The summed E-state index contributed by atoms with van der Waals surface area (Å²) in [6, 6.07) is 8.07. The molecule has 1 N–H and O–H groups in total. The fourth-order valence-electron chi connectivity index (χ4n) is 3.36. The van der Waals surface area contributed by atoms with Crippen LogP contribution in [0.5, 0.6) is 11.5 Å². The van der Waals surface area contributed by atoms with E-state index in [-0.39, 0.29) is 29.8 Å². The Morgan fingerprint density at radius 3 is 2.69 bits per heavy atom. The standard InChI is InChI=1S/C22H20ClN3O5S/c1-3-6-26-21(29)14-5-4-13(23)7-16(14)25-22(26)32-10-20(28)24-17-9-19-18(30-11-31-19)8-15(17)12(2)27/h4-5,7-9H,3,6,10-11H2,1-2H3,(H,24,28). The van der Waals surface area contributed by atoms with Crippen LogP contribution in [0, 0.1) is 0 Å². The molecule has 10 heteroatoms. The van der Waals surface area contributed by atoms with E-state index in [9.17, 15) is 14.4 Å². The number of hydrogen-bond donors (Lipinski definition) is 1. The minimum atomic E-state index is -0.347. The molecule has 1 aliphatic rings. The van der Waals surface area contributed by atoms with Crippen LogP contribution in [0.25, 0.3) is 10.9 Å². The highest BCUT2D eigenvalue weighted by Gasteiger charge is 2.21. The van der Waals surface area contributed by atoms with Gasteiger partial charge in [0.15, 0.2) is 22.4 Å². The summed E-state index contributed by atoms with van der Waals surface area (Å²) in [6.45, 7) is 3.91. The second kappa shape index (κ2) is 9.22. The Morgan fingerprint density at radius 1 is 1.22 bits per heavy atom. The fraction of sp³-hybridized carbons (Fsp3) is 0.273. The normalized spacial score (nSPS) is 12.2. The van der Waals surface area contributed by atoms with E-state index < -0.39 is 0 Å². The molecule has 2 aromatic carbocycles. The van der Waals surface area contributed by atoms with Crippen molar-refractivity contribution in [2.45, 2.75) is 32.0 Å². The largest absolute Gasteiger partial charge is 0.454 e. The van der Waals surface area contributed by atoms with E-state index in [2.05, 4.69) is 10.3 Å². The smallest absolute Gasteiger partial charge is 0.262 e. The van der Waals surface area contributed by atoms with Crippen LogP contribution in [-0.4, -0.2) is 33.8 Å². The number of amides is 1. The van der Waals surface area contributed by atoms with E-state index in [0.29, 0.717) is 50.4 Å². The van der Waals surface area contributed by atoms with Crippen LogP contribution in [0.1, 0.15) is 30.6 Å². The fourth-order valence-corrected chi connectivity index (χ4v) is 4.35. The maximum Gasteiger partial charge on any atom is 0.262 e. The third kappa shape index (κ3) is 4.44. The average molecular weight is 474 g/mol. The van der Waals surface area contributed by atoms with E-state index in [1.807, 2.05) is 6.92 Å². The van der Waals surface area contributed by atoms with Crippen molar-refractivity contribution in [1.29, 1.82) is 0 Å². The van der Waals surface area contributed by atoms with Gasteiger partial charge < -0.3 is 14.8 Å². The highest BCUT2D eigenvalue weighted by Crippen LogP contribution is 2.37. The number of ether oxygens (including phenoxy) is 2. The Balaban J connectivity index is 1.58. The molecule has 4 rings (SSSR count). The number of benzene rings is 2. The predicted octanol–water partition coefficient (Wildman–Crippen LogP) is 4.12. The molecule has 166 valence electrons. The lowest BCUT2D eigenvalue weighted by Gasteiger charge is -2.13. The molecule has 2 heterocycles. The monoisotopic (exact) mass is 473 g/mol. The van der Waals surface area contributed by atoms with Gasteiger partial charge in [0.2, 0.25) is 12.7 Å². The van der Waals surface area contributed by atoms with Gasteiger partial charge in [0.1, 0.15) is 0 Å². The van der Waals surface area contributed by atoms with Crippen molar-refractivity contribution in [2.24, 2.45) is 0 Å². The molecule has 0 unspecified atom stereocenters. The van der Waals surface area contributed by atoms with Gasteiger partial charge in [-0.25, -0.2) is 4.98 Å². The first kappa shape index (κ1) is 22.2. The van der Waals surface area contributed by atoms with Gasteiger partial charge in [0.05, 0.1) is 22.3 Å². The van der Waals surface area contributed by atoms with Gasteiger partial charge in [-0.1, -0.05) is 30.3 Å². The summed E-state index contributed by atoms with van der Waals surface area (Å²) in [5, 5.41) is 4.13. The molecular formula is C22H20ClN3O5S. The Kier molecular flexibility index (Phi) is 6.38. The number of anilines is 1. The summed E-state index contributed by atoms with van der Waals surface area (Å²) in [5.74, 6) is 0.359. The molecule has 3 aromatic rings. The summed E-state index contributed by atoms with van der Waals surface area (Å²) in [6.07, 6.45) is 0.736. The molecule has 0 saturated carbocycles. The van der Waals surface area contributed by atoms with Crippen molar-refractivity contribution in [3.8, 4) is 11.5 Å². The van der Waals surface area contributed by atoms with Crippen LogP contribution in [-0.2, 0) is 11.3 Å². The highest BCUT2D eigenvalue weighted by molar-refractivity contribution is 7.99. The number of aromatic nitrogens is 2. The Bertz CT molecular complexity index is 1290. The first-order valence-corrected chi connectivity index (χ1v) is 11.3. The van der Waals surface area contributed by atoms with E-state index in [0.717, 1.165) is 18.2 Å². The van der Waals surface area contributed by atoms with Gasteiger partial charge in [-0.15, -0.1) is 0 Å². The van der Waals surface area contributed by atoms with E-state index >= 15 is 0 Å². The first-order chi connectivity index (χ1) is 15.4. The van der Waals surface area contributed by atoms with Crippen LogP contribution < -0.4 is 20.3 Å². The van der Waals surface area contributed by atoms with E-state index in [1.54, 1.807) is 34.9 Å². The lowest BCUT2D eigenvalue weighted by molar-refractivity contribution is -0.113. The number of hydrogen-bond acceptors (Lipinski definition) is 7. The molecule has 0 aliphatic carbocycles. The summed E-state index contributed by atoms with van der Waals surface area (Å²) in [5.41, 5.74) is 0.976. The van der Waals surface area contributed by atoms with Crippen LogP contribution >= 0.6 is 23.4 Å². The lowest BCUT2D eigenvalue weighted by atomic mass is 10.1. The van der Waals surface area contributed by atoms with Gasteiger partial charge in [0.25, 0.3) is 5.56 Å². The van der Waals surface area contributed by atoms with Gasteiger partial charge in [-0.3, -0.25) is 19.0 Å². The number of halogens is 1. The summed E-state index contributed by atoms with van der Waals surface area (Å²) < 4.78 is 12.2. The Morgan fingerprint density at radius 2 is 1.97 bits per heavy atom. The minimum Gasteiger partial charge on any atom is -0.454 e. The van der Waals surface area contributed by atoms with Gasteiger partial charge in [-0.05, 0) is 37.6 Å². The molecule has 1 aliphatic heterocycles. The molecule has 8 nitrogen and oxygen atoms in total. The van der Waals surface area contributed by atoms with Gasteiger partial charge in [-0.2, -0.15) is 0 Å². The molecule has 32 heavy (non-hydrogen) atoms. The lowest BCUT2D eigenvalue weighted by Crippen LogP contribution is -2.24. The third-order valence-electron chi connectivity index (χ3n) is 4.83. The molecule has 0 atom stereocenters. The number of fused-ring (bicyclic) bond motifs is 2. The summed E-state index contributed by atoms with van der Waals surface area (Å²) in [4.78, 5) is 42.2. The van der Waals surface area contributed by atoms with Crippen LogP contribution in [0.15, 0.2) is 40.3 Å². The molecule has 0 fully saturated rings. The second-order valence-corrected chi connectivity index (χ2v) is 8.54. The molecule has 0 spiro atoms. The number of thioether (sulfide) groups is 1. The van der Waals surface area contributed by atoms with Crippen LogP contribution in [0.2, 0.25) is 5.02 Å². The molecule has 0 saturated heterocycles. The second-order valence-electron chi connectivity index (χ2n) is 7.16. The number of carbonyl (C=O) groups excluding carboxylic acids is 2. The van der Waals surface area contributed by atoms with Crippen LogP contribution in [0.3, 0.4) is 0 Å². The van der Waals surface area contributed by atoms with Crippen molar-refractivity contribution >= 4 is 51.6 Å². The van der Waals surface area contributed by atoms with Crippen molar-refractivity contribution in [3.63, 3.8) is 0 Å². The number of Topliss-reactive ketones (excluding diaryl/α,β-unsaturated/α-hetero) is 1. The first-order valence-electron chi connectivity index (χ1n) is 9.94. The Hall–Kier alpha value is -3.04. The zero-order valence-corrected chi connectivity index (χ0v) is 19.0. The van der Waals surface area contributed by atoms with Gasteiger partial charge >= 0.3 is 0 Å². The maximum atomic E-state index is 12.9. The van der Waals surface area contributed by atoms with Crippen LogP contribution in [0.4, 0.5) is 5.69 Å². The molecule has 1 aromatic heterocycles. The zero-order chi connectivity index (χ0) is 22.8. The Labute approximate surface area is 192 Å².